The van der Waals surface area contributed by atoms with Crippen molar-refractivity contribution in [2.45, 2.75) is 19.3 Å². The van der Waals surface area contributed by atoms with E-state index in [1.807, 2.05) is 13.0 Å². The maximum atomic E-state index is 5.69. The lowest BCUT2D eigenvalue weighted by atomic mass is 10.0. The van der Waals surface area contributed by atoms with Crippen molar-refractivity contribution in [2.75, 3.05) is 6.54 Å². The van der Waals surface area contributed by atoms with Gasteiger partial charge in [0.15, 0.2) is 0 Å². The molecule has 1 heterocycles. The van der Waals surface area contributed by atoms with Crippen molar-refractivity contribution in [3.05, 3.63) is 35.6 Å². The van der Waals surface area contributed by atoms with Crippen molar-refractivity contribution < 1.29 is 4.42 Å². The molecule has 2 aromatic rings. The van der Waals surface area contributed by atoms with E-state index in [0.717, 1.165) is 17.9 Å². The third kappa shape index (κ3) is 1.37. The van der Waals surface area contributed by atoms with Crippen molar-refractivity contribution in [1.29, 1.82) is 0 Å². The van der Waals surface area contributed by atoms with Crippen LogP contribution in [0.25, 0.3) is 11.0 Å². The minimum atomic E-state index is 0.663. The van der Waals surface area contributed by atoms with Crippen LogP contribution in [0.1, 0.15) is 23.7 Å². The van der Waals surface area contributed by atoms with Crippen LogP contribution >= 0.6 is 0 Å². The molecule has 1 aliphatic carbocycles. The summed E-state index contributed by atoms with van der Waals surface area (Å²) in [5.41, 5.74) is 8.11. The summed E-state index contributed by atoms with van der Waals surface area (Å²) in [5, 5.41) is 1.27. The molecule has 2 unspecified atom stereocenters. The van der Waals surface area contributed by atoms with Gasteiger partial charge in [-0.3, -0.25) is 0 Å². The molecular formula is C13H15NO. The maximum absolute atomic E-state index is 5.69. The average molecular weight is 201 g/mol. The first kappa shape index (κ1) is 8.98. The van der Waals surface area contributed by atoms with Gasteiger partial charge in [0.1, 0.15) is 11.3 Å². The fourth-order valence-electron chi connectivity index (χ4n) is 2.42. The van der Waals surface area contributed by atoms with E-state index >= 15 is 0 Å². The zero-order chi connectivity index (χ0) is 10.4. The first-order chi connectivity index (χ1) is 7.29. The quantitative estimate of drug-likeness (QED) is 0.811. The number of fused-ring (bicyclic) bond motifs is 1. The Bertz CT molecular complexity index is 500. The molecule has 0 bridgehead atoms. The van der Waals surface area contributed by atoms with Gasteiger partial charge in [0.2, 0.25) is 0 Å². The van der Waals surface area contributed by atoms with E-state index in [0.29, 0.717) is 11.8 Å². The average Bonchev–Trinajstić information content (AvgIpc) is 2.91. The minimum absolute atomic E-state index is 0.663. The molecule has 1 saturated carbocycles. The first-order valence-corrected chi connectivity index (χ1v) is 5.48. The van der Waals surface area contributed by atoms with E-state index in [2.05, 4.69) is 18.2 Å². The molecule has 0 amide bonds. The van der Waals surface area contributed by atoms with Crippen LogP contribution < -0.4 is 5.73 Å². The SMILES string of the molecule is Cc1cc2c(C3CC3CN)cccc2o1. The van der Waals surface area contributed by atoms with Gasteiger partial charge in [0.05, 0.1) is 0 Å². The van der Waals surface area contributed by atoms with Crippen LogP contribution in [0.5, 0.6) is 0 Å². The molecule has 2 heteroatoms. The molecule has 0 radical (unpaired) electrons. The lowest BCUT2D eigenvalue weighted by Gasteiger charge is -2.00. The Hall–Kier alpha value is -1.28. The lowest BCUT2D eigenvalue weighted by Crippen LogP contribution is -2.01. The van der Waals surface area contributed by atoms with Gasteiger partial charge in [-0.2, -0.15) is 0 Å². The highest BCUT2D eigenvalue weighted by Gasteiger charge is 2.37. The molecule has 0 spiro atoms. The van der Waals surface area contributed by atoms with Crippen molar-refractivity contribution in [3.8, 4) is 0 Å². The van der Waals surface area contributed by atoms with Crippen LogP contribution in [0, 0.1) is 12.8 Å². The maximum Gasteiger partial charge on any atom is 0.134 e. The summed E-state index contributed by atoms with van der Waals surface area (Å²) >= 11 is 0. The van der Waals surface area contributed by atoms with Crippen LogP contribution in [0.3, 0.4) is 0 Å². The fraction of sp³-hybridized carbons (Fsp3) is 0.385. The van der Waals surface area contributed by atoms with Crippen molar-refractivity contribution >= 4 is 11.0 Å². The Morgan fingerprint density at radius 1 is 1.47 bits per heavy atom. The predicted octanol–water partition coefficient (Wildman–Crippen LogP) is 2.80. The highest BCUT2D eigenvalue weighted by atomic mass is 16.3. The van der Waals surface area contributed by atoms with Crippen LogP contribution in [0.2, 0.25) is 0 Å². The van der Waals surface area contributed by atoms with Gasteiger partial charge in [-0.05, 0) is 49.4 Å². The molecule has 2 atom stereocenters. The second-order valence-corrected chi connectivity index (χ2v) is 4.45. The van der Waals surface area contributed by atoms with E-state index < -0.39 is 0 Å². The van der Waals surface area contributed by atoms with E-state index in [9.17, 15) is 0 Å². The Balaban J connectivity index is 2.10. The molecule has 0 saturated heterocycles. The number of aryl methyl sites for hydroxylation is 1. The van der Waals surface area contributed by atoms with Crippen LogP contribution in [-0.4, -0.2) is 6.54 Å². The van der Waals surface area contributed by atoms with Gasteiger partial charge in [0.25, 0.3) is 0 Å². The van der Waals surface area contributed by atoms with E-state index in [1.165, 1.54) is 17.4 Å². The monoisotopic (exact) mass is 201 g/mol. The fourth-order valence-corrected chi connectivity index (χ4v) is 2.42. The minimum Gasteiger partial charge on any atom is -0.461 e. The summed E-state index contributed by atoms with van der Waals surface area (Å²) < 4.78 is 5.62. The van der Waals surface area contributed by atoms with Crippen LogP contribution in [0.15, 0.2) is 28.7 Å². The third-order valence-electron chi connectivity index (χ3n) is 3.34. The summed E-state index contributed by atoms with van der Waals surface area (Å²) in [6.07, 6.45) is 1.24. The van der Waals surface area contributed by atoms with Gasteiger partial charge in [0, 0.05) is 5.39 Å². The Morgan fingerprint density at radius 2 is 2.33 bits per heavy atom. The molecule has 1 aliphatic rings. The summed E-state index contributed by atoms with van der Waals surface area (Å²) in [4.78, 5) is 0. The summed E-state index contributed by atoms with van der Waals surface area (Å²) in [7, 11) is 0. The largest absolute Gasteiger partial charge is 0.461 e. The number of hydrogen-bond acceptors (Lipinski definition) is 2. The number of benzene rings is 1. The van der Waals surface area contributed by atoms with Crippen molar-refractivity contribution in [2.24, 2.45) is 11.7 Å². The lowest BCUT2D eigenvalue weighted by molar-refractivity contribution is 0.578. The second kappa shape index (κ2) is 3.11. The Labute approximate surface area is 89.1 Å². The van der Waals surface area contributed by atoms with E-state index in [-0.39, 0.29) is 0 Å². The molecule has 1 aromatic carbocycles. The molecule has 1 aromatic heterocycles. The zero-order valence-corrected chi connectivity index (χ0v) is 8.86. The number of hydrogen-bond donors (Lipinski definition) is 1. The molecular weight excluding hydrogens is 186 g/mol. The molecule has 2 nitrogen and oxygen atoms in total. The third-order valence-corrected chi connectivity index (χ3v) is 3.34. The highest BCUT2D eigenvalue weighted by Crippen LogP contribution is 2.48. The van der Waals surface area contributed by atoms with Gasteiger partial charge in [-0.1, -0.05) is 12.1 Å². The van der Waals surface area contributed by atoms with E-state index in [1.54, 1.807) is 0 Å². The Kier molecular flexibility index (Phi) is 1.86. The molecule has 2 N–H and O–H groups in total. The number of nitrogens with two attached hydrogens (primary N) is 1. The van der Waals surface area contributed by atoms with Gasteiger partial charge >= 0.3 is 0 Å². The summed E-state index contributed by atoms with van der Waals surface area (Å²) in [6, 6.07) is 8.45. The van der Waals surface area contributed by atoms with Gasteiger partial charge in [-0.25, -0.2) is 0 Å². The zero-order valence-electron chi connectivity index (χ0n) is 8.86. The summed E-state index contributed by atoms with van der Waals surface area (Å²) in [5.74, 6) is 2.34. The second-order valence-electron chi connectivity index (χ2n) is 4.45. The smallest absolute Gasteiger partial charge is 0.134 e. The highest BCUT2D eigenvalue weighted by molar-refractivity contribution is 5.82. The first-order valence-electron chi connectivity index (χ1n) is 5.48. The van der Waals surface area contributed by atoms with E-state index in [4.69, 9.17) is 10.2 Å². The normalized spacial score (nSPS) is 24.7. The van der Waals surface area contributed by atoms with Crippen LogP contribution in [-0.2, 0) is 0 Å². The summed E-state index contributed by atoms with van der Waals surface area (Å²) in [6.45, 7) is 2.80. The molecule has 15 heavy (non-hydrogen) atoms. The van der Waals surface area contributed by atoms with Crippen molar-refractivity contribution in [3.63, 3.8) is 0 Å². The number of furan rings is 1. The number of rotatable bonds is 2. The molecule has 3 rings (SSSR count). The van der Waals surface area contributed by atoms with Gasteiger partial charge in [-0.15, -0.1) is 0 Å². The van der Waals surface area contributed by atoms with Crippen LogP contribution in [0.4, 0.5) is 0 Å². The molecule has 1 fully saturated rings. The van der Waals surface area contributed by atoms with Gasteiger partial charge < -0.3 is 10.2 Å². The topological polar surface area (TPSA) is 39.2 Å². The predicted molar refractivity (Wildman–Crippen MR) is 60.9 cm³/mol. The molecule has 0 aliphatic heterocycles. The Morgan fingerprint density at radius 3 is 3.07 bits per heavy atom. The standard InChI is InChI=1S/C13H15NO/c1-8-5-12-10(11-6-9(11)7-14)3-2-4-13(12)15-8/h2-5,9,11H,6-7,14H2,1H3. The van der Waals surface area contributed by atoms with Crippen molar-refractivity contribution in [1.82, 2.24) is 0 Å². The molecule has 78 valence electrons.